The fraction of sp³-hybridized carbons (Fsp3) is 0.538. The van der Waals surface area contributed by atoms with E-state index in [1.807, 2.05) is 4.31 Å². The Bertz CT molecular complexity index is 575. The fourth-order valence-corrected chi connectivity index (χ4v) is 4.87. The predicted octanol–water partition coefficient (Wildman–Crippen LogP) is 1.84. The summed E-state index contributed by atoms with van der Waals surface area (Å²) in [7, 11) is -4.74. The van der Waals surface area contributed by atoms with Crippen molar-refractivity contribution in [2.45, 2.75) is 29.6 Å². The molecule has 19 heavy (non-hydrogen) atoms. The number of hydrogen-bond acceptors (Lipinski definition) is 3. The van der Waals surface area contributed by atoms with Gasteiger partial charge in [0.25, 0.3) is 0 Å². The van der Waals surface area contributed by atoms with E-state index >= 15 is 0 Å². The molecule has 1 aromatic carbocycles. The van der Waals surface area contributed by atoms with Crippen molar-refractivity contribution >= 4 is 20.8 Å². The van der Waals surface area contributed by atoms with E-state index in [9.17, 15) is 12.6 Å². The Kier molecular flexibility index (Phi) is 4.43. The molecule has 0 N–H and O–H groups in total. The summed E-state index contributed by atoms with van der Waals surface area (Å²) >= 11 is 0. The lowest BCUT2D eigenvalue weighted by Crippen LogP contribution is -2.34. The summed E-state index contributed by atoms with van der Waals surface area (Å²) in [6.07, 6.45) is 3.17. The van der Waals surface area contributed by atoms with Crippen LogP contribution in [-0.2, 0) is 20.8 Å². The second kappa shape index (κ2) is 5.73. The van der Waals surface area contributed by atoms with E-state index in [-0.39, 0.29) is 4.90 Å². The lowest BCUT2D eigenvalue weighted by molar-refractivity contribution is 0.299. The first kappa shape index (κ1) is 14.7. The van der Waals surface area contributed by atoms with Crippen molar-refractivity contribution in [3.63, 3.8) is 0 Å². The Labute approximate surface area is 117 Å². The van der Waals surface area contributed by atoms with Gasteiger partial charge in [-0.05, 0) is 30.9 Å². The van der Waals surface area contributed by atoms with Crippen molar-refractivity contribution in [1.29, 1.82) is 0 Å². The van der Waals surface area contributed by atoms with Gasteiger partial charge in [0.15, 0.2) is 9.84 Å². The molecule has 106 valence electrons. The lowest BCUT2D eigenvalue weighted by Gasteiger charge is -2.29. The molecule has 4 nitrogen and oxygen atoms in total. The molecule has 1 unspecified atom stereocenters. The molecule has 1 atom stereocenters. The van der Waals surface area contributed by atoms with E-state index in [0.29, 0.717) is 10.8 Å². The van der Waals surface area contributed by atoms with Gasteiger partial charge in [-0.2, -0.15) is 0 Å². The first-order chi connectivity index (χ1) is 8.89. The summed E-state index contributed by atoms with van der Waals surface area (Å²) in [5.41, 5.74) is 0. The SMILES string of the molecule is CC1CCN(S(=O)c2ccccc2S(C)(=O)=O)CC1. The van der Waals surface area contributed by atoms with Crippen molar-refractivity contribution < 1.29 is 12.6 Å². The van der Waals surface area contributed by atoms with Crippen LogP contribution in [0.15, 0.2) is 34.1 Å². The number of rotatable bonds is 3. The van der Waals surface area contributed by atoms with Crippen molar-refractivity contribution in [1.82, 2.24) is 4.31 Å². The van der Waals surface area contributed by atoms with Crippen molar-refractivity contribution in [2.24, 2.45) is 5.92 Å². The van der Waals surface area contributed by atoms with Gasteiger partial charge in [0.2, 0.25) is 0 Å². The van der Waals surface area contributed by atoms with E-state index in [0.717, 1.165) is 32.2 Å². The highest BCUT2D eigenvalue weighted by atomic mass is 32.2. The molecule has 6 heteroatoms. The molecule has 0 bridgehead atoms. The van der Waals surface area contributed by atoms with Crippen LogP contribution in [-0.4, -0.2) is 36.3 Å². The van der Waals surface area contributed by atoms with Gasteiger partial charge < -0.3 is 0 Å². The number of piperidine rings is 1. The number of benzene rings is 1. The van der Waals surface area contributed by atoms with Crippen LogP contribution in [0.25, 0.3) is 0 Å². The molecular weight excluding hydrogens is 282 g/mol. The molecule has 0 radical (unpaired) electrons. The second-order valence-corrected chi connectivity index (χ2v) is 8.52. The third-order valence-electron chi connectivity index (χ3n) is 3.41. The molecule has 0 saturated carbocycles. The molecule has 0 aliphatic carbocycles. The first-order valence-corrected chi connectivity index (χ1v) is 9.35. The Hall–Kier alpha value is -0.720. The molecule has 1 aromatic rings. The minimum absolute atomic E-state index is 0.173. The Morgan fingerprint density at radius 2 is 1.79 bits per heavy atom. The van der Waals surface area contributed by atoms with Crippen molar-refractivity contribution in [2.75, 3.05) is 19.3 Å². The minimum atomic E-state index is -3.35. The Morgan fingerprint density at radius 1 is 1.21 bits per heavy atom. The molecule has 1 aliphatic heterocycles. The maximum atomic E-state index is 12.5. The lowest BCUT2D eigenvalue weighted by atomic mass is 10.0. The fourth-order valence-electron chi connectivity index (χ4n) is 2.19. The molecule has 1 aliphatic rings. The van der Waals surface area contributed by atoms with Crippen LogP contribution in [0.2, 0.25) is 0 Å². The molecule has 1 saturated heterocycles. The molecular formula is C13H19NO3S2. The molecule has 1 heterocycles. The summed E-state index contributed by atoms with van der Waals surface area (Å²) in [5.74, 6) is 0.651. The monoisotopic (exact) mass is 301 g/mol. The highest BCUT2D eigenvalue weighted by Gasteiger charge is 2.25. The van der Waals surface area contributed by atoms with Crippen LogP contribution in [0.1, 0.15) is 19.8 Å². The molecule has 0 aromatic heterocycles. The molecule has 1 fully saturated rings. The maximum absolute atomic E-state index is 12.5. The third-order valence-corrected chi connectivity index (χ3v) is 6.26. The van der Waals surface area contributed by atoms with Gasteiger partial charge in [-0.3, -0.25) is 0 Å². The highest BCUT2D eigenvalue weighted by Crippen LogP contribution is 2.24. The Morgan fingerprint density at radius 3 is 2.37 bits per heavy atom. The van der Waals surface area contributed by atoms with E-state index in [4.69, 9.17) is 0 Å². The van der Waals surface area contributed by atoms with Gasteiger partial charge in [0.05, 0.1) is 9.79 Å². The number of hydrogen-bond donors (Lipinski definition) is 0. The average Bonchev–Trinajstić information content (AvgIpc) is 2.38. The van der Waals surface area contributed by atoms with Gasteiger partial charge in [-0.25, -0.2) is 16.9 Å². The zero-order valence-electron chi connectivity index (χ0n) is 11.2. The standard InChI is InChI=1S/C13H19NO3S2/c1-11-7-9-14(10-8-11)18(15)12-5-3-4-6-13(12)19(2,16)17/h3-6,11H,7-10H2,1-2H3. The molecule has 0 amide bonds. The van der Waals surface area contributed by atoms with Gasteiger partial charge in [0.1, 0.15) is 11.0 Å². The summed E-state index contributed by atoms with van der Waals surface area (Å²) in [5, 5.41) is 0. The molecule has 2 rings (SSSR count). The number of sulfone groups is 1. The smallest absolute Gasteiger partial charge is 0.176 e. The topological polar surface area (TPSA) is 54.5 Å². The second-order valence-electron chi connectivity index (χ2n) is 5.08. The van der Waals surface area contributed by atoms with Gasteiger partial charge in [0, 0.05) is 19.3 Å². The normalized spacial score (nSPS) is 20.3. The average molecular weight is 301 g/mol. The van der Waals surface area contributed by atoms with E-state index < -0.39 is 20.8 Å². The van der Waals surface area contributed by atoms with Crippen molar-refractivity contribution in [3.05, 3.63) is 24.3 Å². The van der Waals surface area contributed by atoms with Gasteiger partial charge in [-0.15, -0.1) is 0 Å². The first-order valence-electron chi connectivity index (χ1n) is 6.35. The third kappa shape index (κ3) is 3.43. The highest BCUT2D eigenvalue weighted by molar-refractivity contribution is 7.91. The van der Waals surface area contributed by atoms with E-state index in [1.165, 1.54) is 6.07 Å². The van der Waals surface area contributed by atoms with Crippen LogP contribution in [0.4, 0.5) is 0 Å². The quantitative estimate of drug-likeness (QED) is 0.856. The van der Waals surface area contributed by atoms with Gasteiger partial charge >= 0.3 is 0 Å². The zero-order chi connectivity index (χ0) is 14.0. The van der Waals surface area contributed by atoms with Crippen molar-refractivity contribution in [3.8, 4) is 0 Å². The number of nitrogens with zero attached hydrogens (tertiary/aromatic N) is 1. The van der Waals surface area contributed by atoms with Crippen LogP contribution in [0.3, 0.4) is 0 Å². The summed E-state index contributed by atoms with van der Waals surface area (Å²) in [4.78, 5) is 0.575. The van der Waals surface area contributed by atoms with Gasteiger partial charge in [-0.1, -0.05) is 19.1 Å². The largest absolute Gasteiger partial charge is 0.237 e. The van der Waals surface area contributed by atoms with Crippen LogP contribution >= 0.6 is 0 Å². The zero-order valence-corrected chi connectivity index (χ0v) is 12.8. The van der Waals surface area contributed by atoms with E-state index in [2.05, 4.69) is 6.92 Å². The van der Waals surface area contributed by atoms with Crippen LogP contribution in [0.5, 0.6) is 0 Å². The van der Waals surface area contributed by atoms with Crippen LogP contribution < -0.4 is 0 Å². The maximum Gasteiger partial charge on any atom is 0.176 e. The summed E-state index contributed by atoms with van der Waals surface area (Å²) in [6.45, 7) is 3.70. The molecule has 0 spiro atoms. The minimum Gasteiger partial charge on any atom is -0.237 e. The summed E-state index contributed by atoms with van der Waals surface area (Å²) < 4.78 is 37.9. The van der Waals surface area contributed by atoms with E-state index in [1.54, 1.807) is 18.2 Å². The summed E-state index contributed by atoms with van der Waals surface area (Å²) in [6, 6.07) is 6.56. The van der Waals surface area contributed by atoms with Crippen LogP contribution in [0, 0.1) is 5.92 Å². The Balaban J connectivity index is 2.30. The predicted molar refractivity (Wildman–Crippen MR) is 75.9 cm³/mol.